The van der Waals surface area contributed by atoms with Crippen molar-refractivity contribution in [2.45, 2.75) is 113 Å². The number of hydrogen-bond acceptors (Lipinski definition) is 17. The molecule has 0 saturated carbocycles. The Bertz CT molecular complexity index is 961. The van der Waals surface area contributed by atoms with Crippen LogP contribution in [0.25, 0.3) is 0 Å². The van der Waals surface area contributed by atoms with Gasteiger partial charge in [-0.05, 0) is 0 Å². The molecule has 0 aliphatic carbocycles. The molecule has 3 aliphatic rings. The van der Waals surface area contributed by atoms with Crippen LogP contribution in [0, 0.1) is 0 Å². The predicted octanol–water partition coefficient (Wildman–Crippen LogP) is -7.06. The molecule has 0 aromatic heterocycles. The van der Waals surface area contributed by atoms with Gasteiger partial charge in [0, 0.05) is 20.8 Å². The van der Waals surface area contributed by atoms with E-state index in [1.807, 2.05) is 0 Å². The third kappa shape index (κ3) is 7.48. The quantitative estimate of drug-likeness (QED) is 0.114. The van der Waals surface area contributed by atoms with Crippen LogP contribution in [0.3, 0.4) is 0 Å². The number of nitrogens with one attached hydrogen (secondary N) is 1. The van der Waals surface area contributed by atoms with Crippen LogP contribution in [-0.4, -0.2) is 175 Å². The summed E-state index contributed by atoms with van der Waals surface area (Å²) in [6.07, 6.45) is -19.3. The van der Waals surface area contributed by atoms with E-state index in [2.05, 4.69) is 5.32 Å². The van der Waals surface area contributed by atoms with E-state index < -0.39 is 129 Å². The second-order valence-electron chi connectivity index (χ2n) is 10.6. The van der Waals surface area contributed by atoms with Gasteiger partial charge >= 0.3 is 0 Å². The minimum atomic E-state index is -1.90. The Balaban J connectivity index is 1.83. The average Bonchev–Trinajstić information content (AvgIpc) is 2.94. The van der Waals surface area contributed by atoms with E-state index in [4.69, 9.17) is 29.4 Å². The maximum Gasteiger partial charge on any atom is 0.226 e. The lowest BCUT2D eigenvalue weighted by molar-refractivity contribution is -0.351. The molecule has 248 valence electrons. The average molecular weight is 628 g/mol. The number of carbonyl (C=O) groups excluding carboxylic acids is 3. The fourth-order valence-corrected chi connectivity index (χ4v) is 5.43. The molecule has 0 aromatic rings. The van der Waals surface area contributed by atoms with E-state index in [-0.39, 0.29) is 0 Å². The lowest BCUT2D eigenvalue weighted by Gasteiger charge is -2.49. The smallest absolute Gasteiger partial charge is 0.226 e. The zero-order chi connectivity index (χ0) is 32.3. The van der Waals surface area contributed by atoms with Crippen molar-refractivity contribution in [1.82, 2.24) is 10.2 Å². The third-order valence-corrected chi connectivity index (χ3v) is 7.55. The van der Waals surface area contributed by atoms with Crippen molar-refractivity contribution in [3.8, 4) is 0 Å². The molecular weight excluding hydrogens is 586 g/mol. The van der Waals surface area contributed by atoms with Crippen LogP contribution in [-0.2, 0) is 38.1 Å². The van der Waals surface area contributed by atoms with Crippen molar-refractivity contribution >= 4 is 17.7 Å². The lowest BCUT2D eigenvalue weighted by atomic mass is 9.93. The molecule has 0 radical (unpaired) electrons. The number of rotatable bonds is 9. The Morgan fingerprint density at radius 2 is 1.21 bits per heavy atom. The first-order valence-electron chi connectivity index (χ1n) is 13.5. The lowest BCUT2D eigenvalue weighted by Crippen LogP contribution is -2.70. The zero-order valence-corrected chi connectivity index (χ0v) is 23.6. The van der Waals surface area contributed by atoms with E-state index in [1.54, 1.807) is 0 Å². The Labute approximate surface area is 245 Å². The summed E-state index contributed by atoms with van der Waals surface area (Å²) in [4.78, 5) is 36.5. The van der Waals surface area contributed by atoms with Crippen LogP contribution in [0.5, 0.6) is 0 Å². The largest absolute Gasteiger partial charge is 0.394 e. The molecule has 3 aliphatic heterocycles. The number of nitrogens with two attached hydrogens (primary N) is 1. The highest BCUT2D eigenvalue weighted by Crippen LogP contribution is 2.32. The van der Waals surface area contributed by atoms with Gasteiger partial charge in [0.05, 0.1) is 25.9 Å². The topological polar surface area (TPSA) is 300 Å². The van der Waals surface area contributed by atoms with Gasteiger partial charge in [-0.25, -0.2) is 0 Å². The van der Waals surface area contributed by atoms with Gasteiger partial charge in [0.1, 0.15) is 67.0 Å². The Kier molecular flexibility index (Phi) is 12.3. The Morgan fingerprint density at radius 1 is 0.721 bits per heavy atom. The Hall–Kier alpha value is -1.95. The molecule has 15 atom stereocenters. The number of carbonyl (C=O) groups is 3. The van der Waals surface area contributed by atoms with Gasteiger partial charge in [0.2, 0.25) is 17.7 Å². The maximum atomic E-state index is 12.1. The molecule has 19 heteroatoms. The van der Waals surface area contributed by atoms with Gasteiger partial charge in [0.25, 0.3) is 0 Å². The van der Waals surface area contributed by atoms with Gasteiger partial charge in [-0.3, -0.25) is 19.3 Å². The van der Waals surface area contributed by atoms with Crippen molar-refractivity contribution in [3.05, 3.63) is 0 Å². The molecule has 11 N–H and O–H groups in total. The van der Waals surface area contributed by atoms with Crippen molar-refractivity contribution in [3.63, 3.8) is 0 Å². The summed E-state index contributed by atoms with van der Waals surface area (Å²) >= 11 is 0. The van der Waals surface area contributed by atoms with Crippen molar-refractivity contribution in [2.75, 3.05) is 19.8 Å². The fourth-order valence-electron chi connectivity index (χ4n) is 5.43. The number of hydrogen-bond donors (Lipinski definition) is 10. The molecule has 3 fully saturated rings. The standard InChI is InChI=1S/C24H41N3O16/c1-7(31)26-14-18(36)16(34)10(4-28)40-24(14)43-20-12(6-30)41-23(13(25)17(20)35)42-21-11(5-29)39-22(38)15(19(21)37)27(8(2)32)9(3)33/h10-24,28-30,34-38H,4-6,25H2,1-3H3,(H,26,31)/t10-,11-,12-,13-,14-,15-,16-,17-,18-,19-,20-,21-,22?,23+,24+/m1/s1. The summed E-state index contributed by atoms with van der Waals surface area (Å²) in [7, 11) is 0. The summed E-state index contributed by atoms with van der Waals surface area (Å²) in [5.74, 6) is -2.29. The minimum Gasteiger partial charge on any atom is -0.394 e. The Morgan fingerprint density at radius 3 is 1.72 bits per heavy atom. The normalized spacial score (nSPS) is 43.6. The highest BCUT2D eigenvalue weighted by atomic mass is 16.7. The first kappa shape index (κ1) is 35.5. The van der Waals surface area contributed by atoms with Crippen LogP contribution < -0.4 is 11.1 Å². The monoisotopic (exact) mass is 627 g/mol. The number of nitrogens with zero attached hydrogens (tertiary/aromatic N) is 1. The summed E-state index contributed by atoms with van der Waals surface area (Å²) in [5.41, 5.74) is 6.17. The van der Waals surface area contributed by atoms with Crippen LogP contribution in [0.15, 0.2) is 0 Å². The molecule has 3 rings (SSSR count). The molecule has 0 aromatic carbocycles. The van der Waals surface area contributed by atoms with Crippen molar-refractivity contribution in [1.29, 1.82) is 0 Å². The maximum absolute atomic E-state index is 12.1. The van der Waals surface area contributed by atoms with Gasteiger partial charge in [-0.15, -0.1) is 0 Å². The molecule has 19 nitrogen and oxygen atoms in total. The zero-order valence-electron chi connectivity index (χ0n) is 23.6. The summed E-state index contributed by atoms with van der Waals surface area (Å²) in [6, 6.07) is -4.55. The van der Waals surface area contributed by atoms with Gasteiger partial charge < -0.3 is 75.6 Å². The molecule has 3 heterocycles. The number of imide groups is 1. The molecule has 0 bridgehead atoms. The van der Waals surface area contributed by atoms with Crippen LogP contribution >= 0.6 is 0 Å². The van der Waals surface area contributed by atoms with E-state index in [0.29, 0.717) is 4.90 Å². The predicted molar refractivity (Wildman–Crippen MR) is 136 cm³/mol. The highest BCUT2D eigenvalue weighted by Gasteiger charge is 2.54. The summed E-state index contributed by atoms with van der Waals surface area (Å²) in [5, 5.41) is 85.1. The molecule has 1 unspecified atom stereocenters. The van der Waals surface area contributed by atoms with Crippen LogP contribution in [0.1, 0.15) is 20.8 Å². The van der Waals surface area contributed by atoms with Crippen LogP contribution in [0.4, 0.5) is 0 Å². The molecular formula is C24H41N3O16. The summed E-state index contributed by atoms with van der Waals surface area (Å²) in [6.45, 7) is 0.788. The number of aliphatic hydroxyl groups is 8. The highest BCUT2D eigenvalue weighted by molar-refractivity contribution is 5.93. The number of aliphatic hydroxyl groups excluding tert-OH is 8. The van der Waals surface area contributed by atoms with E-state index >= 15 is 0 Å². The van der Waals surface area contributed by atoms with E-state index in [9.17, 15) is 55.2 Å². The second-order valence-corrected chi connectivity index (χ2v) is 10.6. The van der Waals surface area contributed by atoms with Crippen molar-refractivity contribution in [2.24, 2.45) is 5.73 Å². The third-order valence-electron chi connectivity index (χ3n) is 7.55. The second kappa shape index (κ2) is 14.9. The number of amides is 3. The SMILES string of the molecule is CC(=O)N[C@H]1[C@H](O[C@H]2[C@H](O)[C@@H](N)[C@H](O[C@H]3[C@H](O)[C@@H](N(C(C)=O)C(C)=O)C(O)O[C@@H]3CO)O[C@@H]2CO)O[C@H](CO)[C@@H](O)[C@@H]1O. The van der Waals surface area contributed by atoms with Gasteiger partial charge in [-0.1, -0.05) is 0 Å². The first-order valence-corrected chi connectivity index (χ1v) is 13.5. The van der Waals surface area contributed by atoms with E-state index in [0.717, 1.165) is 20.8 Å². The molecule has 3 saturated heterocycles. The first-order chi connectivity index (χ1) is 20.2. The molecule has 43 heavy (non-hydrogen) atoms. The number of ether oxygens (including phenoxy) is 5. The molecule has 0 spiro atoms. The van der Waals surface area contributed by atoms with E-state index in [1.165, 1.54) is 0 Å². The van der Waals surface area contributed by atoms with Crippen LogP contribution in [0.2, 0.25) is 0 Å². The molecule has 3 amide bonds. The minimum absolute atomic E-state index is 0.552. The van der Waals surface area contributed by atoms with Gasteiger partial charge in [-0.2, -0.15) is 0 Å². The fraction of sp³-hybridized carbons (Fsp3) is 0.875. The van der Waals surface area contributed by atoms with Crippen molar-refractivity contribution < 1.29 is 78.9 Å². The van der Waals surface area contributed by atoms with Gasteiger partial charge in [0.15, 0.2) is 18.9 Å². The summed E-state index contributed by atoms with van der Waals surface area (Å²) < 4.78 is 28.1.